The zero-order valence-corrected chi connectivity index (χ0v) is 11.1. The summed E-state index contributed by atoms with van der Waals surface area (Å²) in [5, 5.41) is 0. The molecule has 0 aromatic heterocycles. The van der Waals surface area contributed by atoms with E-state index in [4.69, 9.17) is 5.73 Å². The Labute approximate surface area is 112 Å². The number of halogens is 1. The van der Waals surface area contributed by atoms with Crippen LogP contribution in [0.4, 0.5) is 4.39 Å². The van der Waals surface area contributed by atoms with Crippen LogP contribution in [0.1, 0.15) is 25.3 Å². The number of rotatable bonds is 3. The first-order valence-corrected chi connectivity index (χ1v) is 6.57. The van der Waals surface area contributed by atoms with Crippen LogP contribution in [0.5, 0.6) is 0 Å². The summed E-state index contributed by atoms with van der Waals surface area (Å²) >= 11 is 0. The Morgan fingerprint density at radius 3 is 2.95 bits per heavy atom. The Morgan fingerprint density at radius 1 is 1.53 bits per heavy atom. The quantitative estimate of drug-likeness (QED) is 0.849. The molecule has 4 heteroatoms. The first-order valence-electron chi connectivity index (χ1n) is 6.57. The molecule has 0 aliphatic carbocycles. The molecule has 0 radical (unpaired) electrons. The molecule has 1 aliphatic rings. The van der Waals surface area contributed by atoms with Crippen molar-refractivity contribution in [1.82, 2.24) is 4.90 Å². The molecule has 1 fully saturated rings. The van der Waals surface area contributed by atoms with E-state index in [1.165, 1.54) is 12.1 Å². The van der Waals surface area contributed by atoms with E-state index >= 15 is 0 Å². The zero-order chi connectivity index (χ0) is 13.8. The summed E-state index contributed by atoms with van der Waals surface area (Å²) in [4.78, 5) is 14.0. The fourth-order valence-electron chi connectivity index (χ4n) is 2.50. The van der Waals surface area contributed by atoms with Crippen LogP contribution in [0.2, 0.25) is 0 Å². The van der Waals surface area contributed by atoms with Crippen molar-refractivity contribution in [2.24, 2.45) is 5.73 Å². The van der Waals surface area contributed by atoms with E-state index in [0.717, 1.165) is 19.4 Å². The normalized spacial score (nSPS) is 19.8. The second kappa shape index (κ2) is 5.97. The lowest BCUT2D eigenvalue weighted by molar-refractivity contribution is -0.126. The van der Waals surface area contributed by atoms with Gasteiger partial charge in [-0.2, -0.15) is 0 Å². The van der Waals surface area contributed by atoms with Crippen molar-refractivity contribution in [3.63, 3.8) is 0 Å². The third-order valence-electron chi connectivity index (χ3n) is 3.57. The summed E-state index contributed by atoms with van der Waals surface area (Å²) < 4.78 is 13.6. The van der Waals surface area contributed by atoms with Gasteiger partial charge in [0.15, 0.2) is 0 Å². The Morgan fingerprint density at radius 2 is 2.26 bits per heavy atom. The molecule has 2 rings (SSSR count). The van der Waals surface area contributed by atoms with E-state index in [1.807, 2.05) is 0 Å². The molecule has 1 amide bonds. The van der Waals surface area contributed by atoms with Crippen molar-refractivity contribution >= 4 is 11.5 Å². The smallest absolute Gasteiger partial charge is 0.247 e. The van der Waals surface area contributed by atoms with Crippen LogP contribution in [0.15, 0.2) is 30.3 Å². The molecule has 0 spiro atoms. The molecule has 1 atom stereocenters. The second-order valence-electron chi connectivity index (χ2n) is 4.87. The van der Waals surface area contributed by atoms with Crippen LogP contribution >= 0.6 is 0 Å². The van der Waals surface area contributed by atoms with Crippen molar-refractivity contribution in [3.05, 3.63) is 41.7 Å². The minimum Gasteiger partial charge on any atom is -0.335 e. The van der Waals surface area contributed by atoms with Crippen LogP contribution in [0, 0.1) is 5.82 Å². The molecule has 1 aromatic carbocycles. The summed E-state index contributed by atoms with van der Waals surface area (Å²) in [7, 11) is 0. The lowest BCUT2D eigenvalue weighted by atomic mass is 10.1. The van der Waals surface area contributed by atoms with Gasteiger partial charge in [0.05, 0.1) is 0 Å². The second-order valence-corrected chi connectivity index (χ2v) is 4.87. The minimum absolute atomic E-state index is 0.0753. The standard InChI is InChI=1S/C15H19FN2O/c1-11(13-6-2-3-7-14(13)16)9-15(19)18-8-4-5-12(18)10-17/h2-3,6-7,9,12H,4-5,8,10,17H2,1H3/b11-9+. The highest BCUT2D eigenvalue weighted by atomic mass is 19.1. The first-order chi connectivity index (χ1) is 9.13. The van der Waals surface area contributed by atoms with Crippen molar-refractivity contribution < 1.29 is 9.18 Å². The van der Waals surface area contributed by atoms with Gasteiger partial charge in [-0.05, 0) is 31.4 Å². The van der Waals surface area contributed by atoms with Gasteiger partial charge in [-0.3, -0.25) is 4.79 Å². The fraction of sp³-hybridized carbons (Fsp3) is 0.400. The number of hydrogen-bond acceptors (Lipinski definition) is 2. The Balaban J connectivity index is 2.17. The summed E-state index contributed by atoms with van der Waals surface area (Å²) in [5.74, 6) is -0.380. The number of nitrogens with zero attached hydrogens (tertiary/aromatic N) is 1. The molecule has 0 bridgehead atoms. The number of amides is 1. The number of benzene rings is 1. The van der Waals surface area contributed by atoms with E-state index in [2.05, 4.69) is 0 Å². The third-order valence-corrected chi connectivity index (χ3v) is 3.57. The topological polar surface area (TPSA) is 46.3 Å². The maximum absolute atomic E-state index is 13.6. The van der Waals surface area contributed by atoms with Crippen LogP contribution in [-0.2, 0) is 4.79 Å². The number of carbonyl (C=O) groups excluding carboxylic acids is 1. The molecular weight excluding hydrogens is 243 g/mol. The first kappa shape index (κ1) is 13.7. The van der Waals surface area contributed by atoms with Gasteiger partial charge in [-0.25, -0.2) is 4.39 Å². The van der Waals surface area contributed by atoms with E-state index in [-0.39, 0.29) is 17.8 Å². The van der Waals surface area contributed by atoms with Gasteiger partial charge in [-0.1, -0.05) is 18.2 Å². The molecule has 1 aliphatic heterocycles. The van der Waals surface area contributed by atoms with Gasteiger partial charge >= 0.3 is 0 Å². The number of allylic oxidation sites excluding steroid dienone is 1. The largest absolute Gasteiger partial charge is 0.335 e. The maximum Gasteiger partial charge on any atom is 0.247 e. The summed E-state index contributed by atoms with van der Waals surface area (Å²) in [6, 6.07) is 6.60. The van der Waals surface area contributed by atoms with Crippen molar-refractivity contribution in [3.8, 4) is 0 Å². The predicted molar refractivity (Wildman–Crippen MR) is 73.8 cm³/mol. The van der Waals surface area contributed by atoms with E-state index in [9.17, 15) is 9.18 Å². The highest BCUT2D eigenvalue weighted by Gasteiger charge is 2.26. The van der Waals surface area contributed by atoms with Crippen molar-refractivity contribution in [1.29, 1.82) is 0 Å². The molecule has 2 N–H and O–H groups in total. The average molecular weight is 262 g/mol. The molecule has 19 heavy (non-hydrogen) atoms. The molecule has 1 unspecified atom stereocenters. The van der Waals surface area contributed by atoms with Crippen molar-refractivity contribution in [2.45, 2.75) is 25.8 Å². The van der Waals surface area contributed by atoms with Gasteiger partial charge in [-0.15, -0.1) is 0 Å². The van der Waals surface area contributed by atoms with Crippen LogP contribution in [0.25, 0.3) is 5.57 Å². The molecule has 0 saturated carbocycles. The molecule has 1 saturated heterocycles. The minimum atomic E-state index is -0.305. The van der Waals surface area contributed by atoms with Gasteiger partial charge < -0.3 is 10.6 Å². The van der Waals surface area contributed by atoms with Gasteiger partial charge in [0.2, 0.25) is 5.91 Å². The number of nitrogens with two attached hydrogens (primary N) is 1. The highest BCUT2D eigenvalue weighted by molar-refractivity contribution is 5.95. The van der Waals surface area contributed by atoms with Gasteiger partial charge in [0.1, 0.15) is 5.82 Å². The molecule has 1 heterocycles. The van der Waals surface area contributed by atoms with E-state index < -0.39 is 0 Å². The molecular formula is C15H19FN2O. The number of likely N-dealkylation sites (tertiary alicyclic amines) is 1. The third kappa shape index (κ3) is 3.01. The number of hydrogen-bond donors (Lipinski definition) is 1. The lowest BCUT2D eigenvalue weighted by Crippen LogP contribution is -2.39. The van der Waals surface area contributed by atoms with Gasteiger partial charge in [0.25, 0.3) is 0 Å². The zero-order valence-electron chi connectivity index (χ0n) is 11.1. The summed E-state index contributed by atoms with van der Waals surface area (Å²) in [6.45, 7) is 2.98. The Kier molecular flexibility index (Phi) is 4.32. The highest BCUT2D eigenvalue weighted by Crippen LogP contribution is 2.20. The van der Waals surface area contributed by atoms with E-state index in [0.29, 0.717) is 17.7 Å². The average Bonchev–Trinajstić information content (AvgIpc) is 2.87. The van der Waals surface area contributed by atoms with Crippen LogP contribution in [-0.4, -0.2) is 29.9 Å². The Bertz CT molecular complexity index is 499. The fourth-order valence-corrected chi connectivity index (χ4v) is 2.50. The Hall–Kier alpha value is -1.68. The lowest BCUT2D eigenvalue weighted by Gasteiger charge is -2.22. The van der Waals surface area contributed by atoms with Crippen molar-refractivity contribution in [2.75, 3.05) is 13.1 Å². The number of carbonyl (C=O) groups is 1. The molecule has 1 aromatic rings. The molecule has 3 nitrogen and oxygen atoms in total. The van der Waals surface area contributed by atoms with Crippen LogP contribution in [0.3, 0.4) is 0 Å². The van der Waals surface area contributed by atoms with Gasteiger partial charge in [0, 0.05) is 30.8 Å². The monoisotopic (exact) mass is 262 g/mol. The van der Waals surface area contributed by atoms with Crippen LogP contribution < -0.4 is 5.73 Å². The van der Waals surface area contributed by atoms with E-state index in [1.54, 1.807) is 30.0 Å². The molecule has 102 valence electrons. The maximum atomic E-state index is 13.6. The summed E-state index contributed by atoms with van der Waals surface area (Å²) in [5.41, 5.74) is 6.77. The SMILES string of the molecule is C/C(=C\C(=O)N1CCCC1CN)c1ccccc1F. The predicted octanol–water partition coefficient (Wildman–Crippen LogP) is 2.18. The summed E-state index contributed by atoms with van der Waals surface area (Å²) in [6.07, 6.45) is 3.45.